The van der Waals surface area contributed by atoms with Crippen LogP contribution in [0.1, 0.15) is 19.4 Å². The Balaban J connectivity index is 2.45. The Morgan fingerprint density at radius 3 is 2.81 bits per heavy atom. The number of carbonyl (C=O) groups is 2. The Morgan fingerprint density at radius 1 is 1.50 bits per heavy atom. The van der Waals surface area contributed by atoms with Gasteiger partial charge in [-0.1, -0.05) is 15.9 Å². The monoisotopic (exact) mass is 417 g/mol. The first-order valence-electron chi connectivity index (χ1n) is 7.85. The number of benzene rings is 1. The van der Waals surface area contributed by atoms with Gasteiger partial charge in [-0.15, -0.1) is 0 Å². The maximum absolute atomic E-state index is 13.4. The first kappa shape index (κ1) is 18.0. The number of rotatable bonds is 2. The van der Waals surface area contributed by atoms with Crippen molar-refractivity contribution < 1.29 is 19.1 Å². The summed E-state index contributed by atoms with van der Waals surface area (Å²) in [5, 5.41) is 9.78. The predicted octanol–water partition coefficient (Wildman–Crippen LogP) is 2.22. The minimum Gasteiger partial charge on any atom is -0.462 e. The highest BCUT2D eigenvalue weighted by Crippen LogP contribution is 2.54. The molecule has 2 aliphatic heterocycles. The molecule has 0 saturated heterocycles. The van der Waals surface area contributed by atoms with Crippen LogP contribution in [0.25, 0.3) is 0 Å². The van der Waals surface area contributed by atoms with E-state index in [-0.39, 0.29) is 29.4 Å². The van der Waals surface area contributed by atoms with Crippen molar-refractivity contribution in [2.75, 3.05) is 18.6 Å². The SMILES string of the molecule is CCOC(=O)C1=C(C)OC(N)=C(C#N)[C@]12C(=O)N(C)c1ccc(Br)cc12. The minimum absolute atomic E-state index is 0.0289. The zero-order chi connectivity index (χ0) is 19.2. The van der Waals surface area contributed by atoms with Crippen molar-refractivity contribution in [2.24, 2.45) is 5.73 Å². The summed E-state index contributed by atoms with van der Waals surface area (Å²) in [6.45, 7) is 3.30. The molecule has 7 nitrogen and oxygen atoms in total. The van der Waals surface area contributed by atoms with E-state index in [0.29, 0.717) is 15.7 Å². The van der Waals surface area contributed by atoms with E-state index in [9.17, 15) is 14.9 Å². The first-order valence-corrected chi connectivity index (χ1v) is 8.64. The van der Waals surface area contributed by atoms with Gasteiger partial charge >= 0.3 is 5.97 Å². The van der Waals surface area contributed by atoms with E-state index in [4.69, 9.17) is 15.2 Å². The number of nitriles is 1. The molecule has 0 aromatic heterocycles. The highest BCUT2D eigenvalue weighted by molar-refractivity contribution is 9.10. The van der Waals surface area contributed by atoms with Gasteiger partial charge in [-0.05, 0) is 32.0 Å². The molecule has 2 aliphatic rings. The Hall–Kier alpha value is -2.79. The van der Waals surface area contributed by atoms with Crippen LogP contribution in [-0.2, 0) is 24.5 Å². The number of fused-ring (bicyclic) bond motifs is 2. The number of hydrogen-bond acceptors (Lipinski definition) is 6. The second kappa shape index (κ2) is 6.18. The molecule has 0 radical (unpaired) electrons. The third-order valence-electron chi connectivity index (χ3n) is 4.55. The summed E-state index contributed by atoms with van der Waals surface area (Å²) in [6, 6.07) is 7.20. The fraction of sp³-hybridized carbons (Fsp3) is 0.278. The molecule has 0 saturated carbocycles. The van der Waals surface area contributed by atoms with Crippen molar-refractivity contribution in [1.82, 2.24) is 0 Å². The average molecular weight is 418 g/mol. The summed E-state index contributed by atoms with van der Waals surface area (Å²) >= 11 is 3.39. The van der Waals surface area contributed by atoms with Gasteiger partial charge < -0.3 is 20.1 Å². The highest BCUT2D eigenvalue weighted by atomic mass is 79.9. The Labute approximate surface area is 158 Å². The molecule has 0 bridgehead atoms. The quantitative estimate of drug-likeness (QED) is 0.739. The van der Waals surface area contributed by atoms with E-state index in [2.05, 4.69) is 15.9 Å². The van der Waals surface area contributed by atoms with Crippen LogP contribution in [0.2, 0.25) is 0 Å². The van der Waals surface area contributed by atoms with Crippen molar-refractivity contribution in [3.63, 3.8) is 0 Å². The van der Waals surface area contributed by atoms with E-state index in [1.165, 1.54) is 11.8 Å². The van der Waals surface area contributed by atoms with Crippen molar-refractivity contribution in [3.05, 3.63) is 51.0 Å². The number of nitrogens with two attached hydrogens (primary N) is 1. The number of allylic oxidation sites excluding steroid dienone is 1. The van der Waals surface area contributed by atoms with Gasteiger partial charge in [0.15, 0.2) is 5.41 Å². The number of ether oxygens (including phenoxy) is 2. The fourth-order valence-corrected chi connectivity index (χ4v) is 3.90. The number of nitrogens with zero attached hydrogens (tertiary/aromatic N) is 2. The average Bonchev–Trinajstić information content (AvgIpc) is 2.78. The standard InChI is InChI=1S/C18H16BrN3O4/c1-4-25-16(23)14-9(2)26-15(21)12(8-20)18(14)11-7-10(19)5-6-13(11)22(3)17(18)24/h5-7H,4,21H2,1-3H3/t18-/m0/s1. The Kier molecular flexibility index (Phi) is 4.28. The molecular formula is C18H16BrN3O4. The number of hydrogen-bond donors (Lipinski definition) is 1. The van der Waals surface area contributed by atoms with Gasteiger partial charge in [-0.25, -0.2) is 4.79 Å². The van der Waals surface area contributed by atoms with E-state index in [1.807, 2.05) is 6.07 Å². The summed E-state index contributed by atoms with van der Waals surface area (Å²) in [6.07, 6.45) is 0. The van der Waals surface area contributed by atoms with Gasteiger partial charge in [0.1, 0.15) is 23.0 Å². The summed E-state index contributed by atoms with van der Waals surface area (Å²) < 4.78 is 11.3. The molecule has 2 heterocycles. The maximum Gasteiger partial charge on any atom is 0.339 e. The molecule has 1 amide bonds. The highest BCUT2D eigenvalue weighted by Gasteiger charge is 2.61. The lowest BCUT2D eigenvalue weighted by Crippen LogP contribution is -2.47. The number of likely N-dealkylation sites (N-methyl/N-ethyl adjacent to an activating group) is 1. The zero-order valence-corrected chi connectivity index (χ0v) is 16.0. The molecule has 26 heavy (non-hydrogen) atoms. The van der Waals surface area contributed by atoms with Gasteiger partial charge in [0.25, 0.3) is 0 Å². The maximum atomic E-state index is 13.4. The Morgan fingerprint density at radius 2 is 2.19 bits per heavy atom. The minimum atomic E-state index is -1.69. The third kappa shape index (κ3) is 2.17. The van der Waals surface area contributed by atoms with Crippen LogP contribution in [0.4, 0.5) is 5.69 Å². The molecule has 1 spiro atoms. The van der Waals surface area contributed by atoms with Crippen LogP contribution >= 0.6 is 15.9 Å². The van der Waals surface area contributed by atoms with E-state index in [0.717, 1.165) is 0 Å². The molecule has 1 aromatic carbocycles. The van der Waals surface area contributed by atoms with E-state index >= 15 is 0 Å². The molecular weight excluding hydrogens is 402 g/mol. The molecule has 2 N–H and O–H groups in total. The summed E-state index contributed by atoms with van der Waals surface area (Å²) in [5.41, 5.74) is 5.15. The van der Waals surface area contributed by atoms with Gasteiger partial charge in [-0.2, -0.15) is 5.26 Å². The largest absolute Gasteiger partial charge is 0.462 e. The van der Waals surface area contributed by atoms with Crippen molar-refractivity contribution in [1.29, 1.82) is 5.26 Å². The van der Waals surface area contributed by atoms with Crippen LogP contribution in [0.5, 0.6) is 0 Å². The third-order valence-corrected chi connectivity index (χ3v) is 5.05. The topological polar surface area (TPSA) is 106 Å². The van der Waals surface area contributed by atoms with Crippen LogP contribution < -0.4 is 10.6 Å². The molecule has 0 unspecified atom stereocenters. The normalized spacial score (nSPS) is 21.7. The molecule has 0 fully saturated rings. The Bertz CT molecular complexity index is 944. The molecule has 134 valence electrons. The predicted molar refractivity (Wildman–Crippen MR) is 96.5 cm³/mol. The lowest BCUT2D eigenvalue weighted by atomic mass is 9.68. The summed E-state index contributed by atoms with van der Waals surface area (Å²) in [4.78, 5) is 27.6. The van der Waals surface area contributed by atoms with Gasteiger partial charge in [0.2, 0.25) is 11.8 Å². The molecule has 8 heteroatoms. The number of anilines is 1. The van der Waals surface area contributed by atoms with Gasteiger partial charge in [0, 0.05) is 22.8 Å². The van der Waals surface area contributed by atoms with Crippen molar-refractivity contribution in [2.45, 2.75) is 19.3 Å². The van der Waals surface area contributed by atoms with E-state index in [1.54, 1.807) is 32.2 Å². The van der Waals surface area contributed by atoms with Gasteiger partial charge in [-0.3, -0.25) is 4.79 Å². The zero-order valence-electron chi connectivity index (χ0n) is 14.4. The van der Waals surface area contributed by atoms with Gasteiger partial charge in [0.05, 0.1) is 6.61 Å². The smallest absolute Gasteiger partial charge is 0.339 e. The van der Waals surface area contributed by atoms with Crippen LogP contribution in [0.3, 0.4) is 0 Å². The number of carbonyl (C=O) groups excluding carboxylic acids is 2. The molecule has 0 aliphatic carbocycles. The second-order valence-electron chi connectivity index (χ2n) is 5.88. The lowest BCUT2D eigenvalue weighted by molar-refractivity contribution is -0.141. The second-order valence-corrected chi connectivity index (χ2v) is 6.80. The summed E-state index contributed by atoms with van der Waals surface area (Å²) in [7, 11) is 1.59. The fourth-order valence-electron chi connectivity index (χ4n) is 3.54. The van der Waals surface area contributed by atoms with Crippen LogP contribution in [0, 0.1) is 11.3 Å². The number of halogens is 1. The summed E-state index contributed by atoms with van der Waals surface area (Å²) in [5.74, 6) is -1.25. The number of amides is 1. The molecule has 3 rings (SSSR count). The van der Waals surface area contributed by atoms with Crippen molar-refractivity contribution >= 4 is 33.5 Å². The number of esters is 1. The first-order chi connectivity index (χ1) is 12.3. The molecule has 1 atom stereocenters. The van der Waals surface area contributed by atoms with E-state index < -0.39 is 17.3 Å². The van der Waals surface area contributed by atoms with Crippen LogP contribution in [-0.4, -0.2) is 25.5 Å². The lowest BCUT2D eigenvalue weighted by Gasteiger charge is -2.34. The van der Waals surface area contributed by atoms with Crippen LogP contribution in [0.15, 0.2) is 45.5 Å². The van der Waals surface area contributed by atoms with Crippen molar-refractivity contribution in [3.8, 4) is 6.07 Å². The molecule has 1 aromatic rings.